The van der Waals surface area contributed by atoms with Crippen LogP contribution in [0.4, 0.5) is 0 Å². The van der Waals surface area contributed by atoms with Crippen molar-refractivity contribution in [1.82, 2.24) is 10.6 Å². The van der Waals surface area contributed by atoms with Crippen LogP contribution in [-0.2, 0) is 4.79 Å². The van der Waals surface area contributed by atoms with Crippen molar-refractivity contribution in [2.75, 3.05) is 13.6 Å². The van der Waals surface area contributed by atoms with Crippen molar-refractivity contribution >= 4 is 18.3 Å². The van der Waals surface area contributed by atoms with Gasteiger partial charge < -0.3 is 10.6 Å². The smallest absolute Gasteiger partial charge is 0.220 e. The quantitative estimate of drug-likeness (QED) is 0.762. The molecule has 0 unspecified atom stereocenters. The molecule has 0 aromatic carbocycles. The van der Waals surface area contributed by atoms with E-state index in [0.717, 1.165) is 36.6 Å². The Labute approximate surface area is 122 Å². The second kappa shape index (κ2) is 6.45. The van der Waals surface area contributed by atoms with E-state index in [0.29, 0.717) is 12.5 Å². The lowest BCUT2D eigenvalue weighted by atomic mass is 9.54. The molecule has 110 valence electrons. The van der Waals surface area contributed by atoms with E-state index in [1.165, 1.54) is 32.1 Å². The van der Waals surface area contributed by atoms with Crippen molar-refractivity contribution in [2.45, 2.75) is 51.0 Å². The summed E-state index contributed by atoms with van der Waals surface area (Å²) in [7, 11) is 1.94. The Hall–Kier alpha value is -0.280. The molecule has 0 spiro atoms. The van der Waals surface area contributed by atoms with Crippen LogP contribution in [0.15, 0.2) is 0 Å². The van der Waals surface area contributed by atoms with Gasteiger partial charge >= 0.3 is 0 Å². The predicted molar refractivity (Wildman–Crippen MR) is 79.4 cm³/mol. The molecular formula is C15H27ClN2O. The van der Waals surface area contributed by atoms with Gasteiger partial charge in [-0.15, -0.1) is 12.4 Å². The fourth-order valence-electron chi connectivity index (χ4n) is 4.84. The first-order valence-corrected chi connectivity index (χ1v) is 7.70. The largest absolute Gasteiger partial charge is 0.353 e. The predicted octanol–water partition coefficient (Wildman–Crippen LogP) is 2.35. The Morgan fingerprint density at radius 2 is 1.63 bits per heavy atom. The molecule has 4 fully saturated rings. The fourth-order valence-corrected chi connectivity index (χ4v) is 4.84. The average Bonchev–Trinajstić information content (AvgIpc) is 2.33. The number of rotatable bonds is 5. The van der Waals surface area contributed by atoms with Crippen LogP contribution in [0.2, 0.25) is 0 Å². The molecule has 3 nitrogen and oxygen atoms in total. The summed E-state index contributed by atoms with van der Waals surface area (Å²) in [5, 5.41) is 6.45. The maximum Gasteiger partial charge on any atom is 0.220 e. The van der Waals surface area contributed by atoms with Crippen LogP contribution in [0.25, 0.3) is 0 Å². The van der Waals surface area contributed by atoms with Crippen molar-refractivity contribution in [1.29, 1.82) is 0 Å². The summed E-state index contributed by atoms with van der Waals surface area (Å²) in [6.07, 6.45) is 8.65. The summed E-state index contributed by atoms with van der Waals surface area (Å²) in [5.41, 5.74) is 0. The number of carbonyl (C=O) groups excluding carboxylic acids is 1. The highest BCUT2D eigenvalue weighted by Gasteiger charge is 2.48. The minimum absolute atomic E-state index is 0. The maximum atomic E-state index is 12.0. The SMILES string of the molecule is CNCCCC(=O)NC1C2CC3CC(C2)CC1C3.Cl. The molecule has 0 radical (unpaired) electrons. The van der Waals surface area contributed by atoms with Gasteiger partial charge in [0.25, 0.3) is 0 Å². The number of hydrogen-bond donors (Lipinski definition) is 2. The molecule has 4 bridgehead atoms. The first kappa shape index (κ1) is 15.1. The zero-order valence-corrected chi connectivity index (χ0v) is 12.7. The van der Waals surface area contributed by atoms with Gasteiger partial charge in [-0.1, -0.05) is 0 Å². The van der Waals surface area contributed by atoms with Gasteiger partial charge in [-0.2, -0.15) is 0 Å². The highest BCUT2D eigenvalue weighted by atomic mass is 35.5. The van der Waals surface area contributed by atoms with E-state index < -0.39 is 0 Å². The van der Waals surface area contributed by atoms with Crippen LogP contribution >= 0.6 is 12.4 Å². The summed E-state index contributed by atoms with van der Waals surface area (Å²) in [5.74, 6) is 3.86. The van der Waals surface area contributed by atoms with Gasteiger partial charge in [0.05, 0.1) is 0 Å². The molecule has 1 amide bonds. The van der Waals surface area contributed by atoms with Crippen LogP contribution in [-0.4, -0.2) is 25.5 Å². The van der Waals surface area contributed by atoms with E-state index in [9.17, 15) is 4.79 Å². The van der Waals surface area contributed by atoms with Crippen molar-refractivity contribution in [2.24, 2.45) is 23.7 Å². The number of hydrogen-bond acceptors (Lipinski definition) is 2. The van der Waals surface area contributed by atoms with Gasteiger partial charge in [-0.05, 0) is 75.8 Å². The third kappa shape index (κ3) is 3.25. The second-order valence-electron chi connectivity index (χ2n) is 6.73. The summed E-state index contributed by atoms with van der Waals surface area (Å²) >= 11 is 0. The van der Waals surface area contributed by atoms with Crippen molar-refractivity contribution in [3.63, 3.8) is 0 Å². The Balaban J connectivity index is 0.00000133. The Bertz CT molecular complexity index is 293. The molecule has 0 aromatic rings. The number of halogens is 1. The Morgan fingerprint density at radius 3 is 2.16 bits per heavy atom. The lowest BCUT2D eigenvalue weighted by Crippen LogP contribution is -2.55. The molecule has 0 aliphatic heterocycles. The van der Waals surface area contributed by atoms with Gasteiger partial charge in [-0.25, -0.2) is 0 Å². The van der Waals surface area contributed by atoms with Crippen molar-refractivity contribution < 1.29 is 4.79 Å². The number of carbonyl (C=O) groups is 1. The minimum atomic E-state index is 0. The van der Waals surface area contributed by atoms with Crippen molar-refractivity contribution in [3.8, 4) is 0 Å². The molecule has 0 saturated heterocycles. The summed E-state index contributed by atoms with van der Waals surface area (Å²) in [6, 6.07) is 0.514. The molecule has 19 heavy (non-hydrogen) atoms. The first-order chi connectivity index (χ1) is 8.76. The molecule has 4 aliphatic rings. The van der Waals surface area contributed by atoms with E-state index in [-0.39, 0.29) is 18.3 Å². The fraction of sp³-hybridized carbons (Fsp3) is 0.933. The van der Waals surface area contributed by atoms with Gasteiger partial charge in [0, 0.05) is 12.5 Å². The maximum absolute atomic E-state index is 12.0. The lowest BCUT2D eigenvalue weighted by Gasteiger charge is -2.54. The molecule has 4 heteroatoms. The number of amides is 1. The zero-order chi connectivity index (χ0) is 12.5. The van der Waals surface area contributed by atoms with Gasteiger partial charge in [0.15, 0.2) is 0 Å². The topological polar surface area (TPSA) is 41.1 Å². The second-order valence-corrected chi connectivity index (χ2v) is 6.73. The third-order valence-corrected chi connectivity index (χ3v) is 5.39. The van der Waals surface area contributed by atoms with Gasteiger partial charge in [0.2, 0.25) is 5.91 Å². The van der Waals surface area contributed by atoms with Crippen LogP contribution in [0.1, 0.15) is 44.9 Å². The standard InChI is InChI=1S/C15H26N2O.ClH/c1-16-4-2-3-14(18)17-15-12-6-10-5-11(8-12)9-13(15)7-10;/h10-13,15-16H,2-9H2,1H3,(H,17,18);1H. The van der Waals surface area contributed by atoms with E-state index in [2.05, 4.69) is 10.6 Å². The Kier molecular flexibility index (Phi) is 5.13. The molecule has 0 heterocycles. The molecule has 0 atom stereocenters. The minimum Gasteiger partial charge on any atom is -0.353 e. The monoisotopic (exact) mass is 286 g/mol. The first-order valence-electron chi connectivity index (χ1n) is 7.70. The highest BCUT2D eigenvalue weighted by Crippen LogP contribution is 2.53. The zero-order valence-electron chi connectivity index (χ0n) is 11.9. The highest BCUT2D eigenvalue weighted by molar-refractivity contribution is 5.85. The Morgan fingerprint density at radius 1 is 1.05 bits per heavy atom. The van der Waals surface area contributed by atoms with Crippen LogP contribution in [0.5, 0.6) is 0 Å². The van der Waals surface area contributed by atoms with Crippen LogP contribution in [0, 0.1) is 23.7 Å². The van der Waals surface area contributed by atoms with Gasteiger partial charge in [-0.3, -0.25) is 4.79 Å². The molecular weight excluding hydrogens is 260 g/mol. The van der Waals surface area contributed by atoms with E-state index in [1.807, 2.05) is 7.05 Å². The molecule has 0 aromatic heterocycles. The molecule has 4 saturated carbocycles. The van der Waals surface area contributed by atoms with Gasteiger partial charge in [0.1, 0.15) is 0 Å². The average molecular weight is 287 g/mol. The summed E-state index contributed by atoms with van der Waals surface area (Å²) in [6.45, 7) is 0.940. The normalized spacial score (nSPS) is 38.9. The molecule has 2 N–H and O–H groups in total. The van der Waals surface area contributed by atoms with Crippen molar-refractivity contribution in [3.05, 3.63) is 0 Å². The van der Waals surface area contributed by atoms with E-state index >= 15 is 0 Å². The van der Waals surface area contributed by atoms with E-state index in [4.69, 9.17) is 0 Å². The third-order valence-electron chi connectivity index (χ3n) is 5.39. The van der Waals surface area contributed by atoms with Crippen LogP contribution < -0.4 is 10.6 Å². The summed E-state index contributed by atoms with van der Waals surface area (Å²) in [4.78, 5) is 12.0. The molecule has 4 rings (SSSR count). The summed E-state index contributed by atoms with van der Waals surface area (Å²) < 4.78 is 0. The molecule has 4 aliphatic carbocycles. The number of nitrogens with one attached hydrogen (secondary N) is 2. The van der Waals surface area contributed by atoms with E-state index in [1.54, 1.807) is 0 Å². The van der Waals surface area contributed by atoms with Crippen LogP contribution in [0.3, 0.4) is 0 Å². The lowest BCUT2D eigenvalue weighted by molar-refractivity contribution is -0.125.